The number of benzene rings is 2. The third kappa shape index (κ3) is 3.90. The minimum atomic E-state index is -0.0525. The molecular weight excluding hydrogens is 368 g/mol. The predicted molar refractivity (Wildman–Crippen MR) is 105 cm³/mol. The largest absolute Gasteiger partial charge is 0.495 e. The zero-order valence-corrected chi connectivity index (χ0v) is 16.7. The van der Waals surface area contributed by atoms with Crippen molar-refractivity contribution < 1.29 is 19.0 Å². The number of amides is 2. The molecule has 7 heteroatoms. The number of rotatable bonds is 3. The minimum absolute atomic E-state index is 0.0525. The number of hydrogen-bond donors (Lipinski definition) is 0. The second kappa shape index (κ2) is 7.96. The summed E-state index contributed by atoms with van der Waals surface area (Å²) < 4.78 is 16.7. The van der Waals surface area contributed by atoms with Crippen LogP contribution in [0.5, 0.6) is 17.2 Å². The summed E-state index contributed by atoms with van der Waals surface area (Å²) in [5.41, 5.74) is 2.75. The molecule has 0 fully saturated rings. The minimum Gasteiger partial charge on any atom is -0.495 e. The molecule has 2 aromatic carbocycles. The van der Waals surface area contributed by atoms with E-state index in [-0.39, 0.29) is 6.03 Å². The van der Waals surface area contributed by atoms with Gasteiger partial charge in [-0.15, -0.1) is 0 Å². The first-order chi connectivity index (χ1) is 12.9. The molecule has 0 unspecified atom stereocenters. The molecule has 144 valence electrons. The summed E-state index contributed by atoms with van der Waals surface area (Å²) >= 11 is 6.28. The van der Waals surface area contributed by atoms with Crippen LogP contribution in [0.4, 0.5) is 4.79 Å². The van der Waals surface area contributed by atoms with Gasteiger partial charge in [0.05, 0.1) is 32.3 Å². The second-order valence-electron chi connectivity index (χ2n) is 6.46. The average Bonchev–Trinajstić information content (AvgIpc) is 2.88. The number of methoxy groups -OCH3 is 2. The number of halogens is 1. The molecule has 0 radical (unpaired) electrons. The van der Waals surface area contributed by atoms with Crippen LogP contribution in [0.2, 0.25) is 5.02 Å². The smallest absolute Gasteiger partial charge is 0.319 e. The number of carbonyl (C=O) groups excluding carboxylic acids is 1. The van der Waals surface area contributed by atoms with Crippen molar-refractivity contribution in [2.75, 3.05) is 41.5 Å². The molecule has 0 atom stereocenters. The Kier molecular flexibility index (Phi) is 5.65. The van der Waals surface area contributed by atoms with Crippen molar-refractivity contribution in [1.82, 2.24) is 9.80 Å². The van der Waals surface area contributed by atoms with Crippen molar-refractivity contribution in [2.45, 2.75) is 6.54 Å². The van der Waals surface area contributed by atoms with Crippen molar-refractivity contribution in [3.05, 3.63) is 40.9 Å². The van der Waals surface area contributed by atoms with Crippen LogP contribution >= 0.6 is 11.6 Å². The van der Waals surface area contributed by atoms with Crippen LogP contribution in [-0.2, 0) is 6.54 Å². The first-order valence-electron chi connectivity index (χ1n) is 8.58. The molecule has 1 aliphatic heterocycles. The lowest BCUT2D eigenvalue weighted by Gasteiger charge is -2.24. The molecule has 0 spiro atoms. The average molecular weight is 391 g/mol. The second-order valence-corrected chi connectivity index (χ2v) is 6.87. The van der Waals surface area contributed by atoms with Crippen LogP contribution in [0.25, 0.3) is 11.1 Å². The van der Waals surface area contributed by atoms with E-state index >= 15 is 0 Å². The molecule has 27 heavy (non-hydrogen) atoms. The summed E-state index contributed by atoms with van der Waals surface area (Å²) in [7, 11) is 6.67. The van der Waals surface area contributed by atoms with Gasteiger partial charge in [0.25, 0.3) is 0 Å². The Hall–Kier alpha value is -2.60. The number of fused-ring (bicyclic) bond motifs is 1. The molecule has 1 aliphatic rings. The monoisotopic (exact) mass is 390 g/mol. The van der Waals surface area contributed by atoms with Gasteiger partial charge in [-0.05, 0) is 35.4 Å². The van der Waals surface area contributed by atoms with E-state index in [9.17, 15) is 4.79 Å². The van der Waals surface area contributed by atoms with E-state index in [1.54, 1.807) is 38.1 Å². The molecule has 2 aromatic rings. The number of urea groups is 1. The molecule has 0 saturated carbocycles. The van der Waals surface area contributed by atoms with E-state index in [4.69, 9.17) is 25.8 Å². The van der Waals surface area contributed by atoms with Crippen molar-refractivity contribution in [2.24, 2.45) is 0 Å². The maximum absolute atomic E-state index is 12.4. The molecule has 0 aliphatic carbocycles. The Labute approximate surface area is 164 Å². The van der Waals surface area contributed by atoms with Gasteiger partial charge in [0.1, 0.15) is 12.4 Å². The maximum atomic E-state index is 12.4. The summed E-state index contributed by atoms with van der Waals surface area (Å²) in [4.78, 5) is 15.7. The third-order valence-electron chi connectivity index (χ3n) is 4.46. The highest BCUT2D eigenvalue weighted by Gasteiger charge is 2.24. The fourth-order valence-corrected chi connectivity index (χ4v) is 3.35. The fourth-order valence-electron chi connectivity index (χ4n) is 3.09. The highest BCUT2D eigenvalue weighted by Crippen LogP contribution is 2.39. The van der Waals surface area contributed by atoms with Crippen LogP contribution in [0.15, 0.2) is 30.3 Å². The first-order valence-corrected chi connectivity index (χ1v) is 8.96. The van der Waals surface area contributed by atoms with E-state index < -0.39 is 0 Å². The summed E-state index contributed by atoms with van der Waals surface area (Å²) in [5.74, 6) is 1.93. The van der Waals surface area contributed by atoms with Gasteiger partial charge >= 0.3 is 6.03 Å². The van der Waals surface area contributed by atoms with Crippen LogP contribution in [0, 0.1) is 0 Å². The Morgan fingerprint density at radius 1 is 1.11 bits per heavy atom. The van der Waals surface area contributed by atoms with Gasteiger partial charge in [-0.2, -0.15) is 0 Å². The van der Waals surface area contributed by atoms with E-state index in [0.29, 0.717) is 42.0 Å². The number of ether oxygens (including phenoxy) is 3. The van der Waals surface area contributed by atoms with E-state index in [1.165, 1.54) is 0 Å². The van der Waals surface area contributed by atoms with E-state index in [2.05, 4.69) is 0 Å². The quantitative estimate of drug-likeness (QED) is 0.797. The summed E-state index contributed by atoms with van der Waals surface area (Å²) in [6.45, 7) is 1.37. The van der Waals surface area contributed by atoms with Crippen LogP contribution in [-0.4, -0.2) is 57.3 Å². The molecule has 3 rings (SSSR count). The van der Waals surface area contributed by atoms with Gasteiger partial charge in [0.15, 0.2) is 11.5 Å². The summed E-state index contributed by atoms with van der Waals surface area (Å²) in [5, 5.41) is 0.532. The van der Waals surface area contributed by atoms with Crippen molar-refractivity contribution in [3.63, 3.8) is 0 Å². The predicted octanol–water partition coefficient (Wildman–Crippen LogP) is 3.90. The summed E-state index contributed by atoms with van der Waals surface area (Å²) in [6, 6.07) is 9.49. The molecule has 0 N–H and O–H groups in total. The van der Waals surface area contributed by atoms with Crippen molar-refractivity contribution in [1.29, 1.82) is 0 Å². The highest BCUT2D eigenvalue weighted by molar-refractivity contribution is 6.32. The number of nitrogens with zero attached hydrogens (tertiary/aromatic N) is 2. The lowest BCUT2D eigenvalue weighted by atomic mass is 10.0. The molecule has 1 heterocycles. The van der Waals surface area contributed by atoms with Crippen molar-refractivity contribution >= 4 is 17.6 Å². The lowest BCUT2D eigenvalue weighted by Crippen LogP contribution is -2.39. The van der Waals surface area contributed by atoms with Gasteiger partial charge in [-0.3, -0.25) is 0 Å². The molecule has 0 bridgehead atoms. The van der Waals surface area contributed by atoms with Gasteiger partial charge in [0, 0.05) is 19.7 Å². The number of carbonyl (C=O) groups is 1. The zero-order chi connectivity index (χ0) is 19.6. The van der Waals surface area contributed by atoms with E-state index in [1.807, 2.05) is 30.3 Å². The highest BCUT2D eigenvalue weighted by atomic mass is 35.5. The fraction of sp³-hybridized carbons (Fsp3) is 0.350. The van der Waals surface area contributed by atoms with Crippen LogP contribution < -0.4 is 14.2 Å². The van der Waals surface area contributed by atoms with Gasteiger partial charge in [0.2, 0.25) is 0 Å². The normalized spacial score (nSPS) is 13.3. The summed E-state index contributed by atoms with van der Waals surface area (Å²) in [6.07, 6.45) is 0. The topological polar surface area (TPSA) is 51.2 Å². The third-order valence-corrected chi connectivity index (χ3v) is 4.75. The lowest BCUT2D eigenvalue weighted by molar-refractivity contribution is 0.162. The van der Waals surface area contributed by atoms with Gasteiger partial charge in [-0.1, -0.05) is 17.7 Å². The van der Waals surface area contributed by atoms with Gasteiger partial charge in [-0.25, -0.2) is 4.79 Å². The maximum Gasteiger partial charge on any atom is 0.319 e. The van der Waals surface area contributed by atoms with Gasteiger partial charge < -0.3 is 24.0 Å². The first kappa shape index (κ1) is 19.2. The zero-order valence-electron chi connectivity index (χ0n) is 15.9. The Bertz CT molecular complexity index is 854. The molecular formula is C20H23ClN2O4. The number of hydrogen-bond acceptors (Lipinski definition) is 4. The Balaban J connectivity index is 2.04. The molecule has 6 nitrogen and oxygen atoms in total. The van der Waals surface area contributed by atoms with Crippen molar-refractivity contribution in [3.8, 4) is 28.4 Å². The van der Waals surface area contributed by atoms with Crippen LogP contribution in [0.3, 0.4) is 0 Å². The molecule has 0 aromatic heterocycles. The molecule has 0 saturated heterocycles. The molecule has 2 amide bonds. The SMILES string of the molecule is COc1ccc(-c2cc3c(c(OC)c2)OCCN(C(=O)N(C)C)C3)cc1Cl. The van der Waals surface area contributed by atoms with E-state index in [0.717, 1.165) is 16.7 Å². The Morgan fingerprint density at radius 2 is 1.85 bits per heavy atom. The standard InChI is InChI=1S/C20H23ClN2O4/c1-22(2)20(24)23-7-8-27-19-15(12-23)9-14(11-18(19)26-4)13-5-6-17(25-3)16(21)10-13/h5-6,9-11H,7-8,12H2,1-4H3. The van der Waals surface area contributed by atoms with Crippen LogP contribution in [0.1, 0.15) is 5.56 Å². The Morgan fingerprint density at radius 3 is 2.48 bits per heavy atom.